The lowest BCUT2D eigenvalue weighted by Crippen LogP contribution is -2.08. The fourth-order valence-corrected chi connectivity index (χ4v) is 1.88. The molecule has 2 heteroatoms. The molecular weight excluding hydrogens is 188 g/mol. The first-order valence-corrected chi connectivity index (χ1v) is 5.33. The van der Waals surface area contributed by atoms with Gasteiger partial charge < -0.3 is 9.84 Å². The van der Waals surface area contributed by atoms with Crippen LogP contribution >= 0.6 is 0 Å². The summed E-state index contributed by atoms with van der Waals surface area (Å²) in [7, 11) is 0. The van der Waals surface area contributed by atoms with Crippen molar-refractivity contribution in [3.05, 3.63) is 47.2 Å². The highest BCUT2D eigenvalue weighted by atomic mass is 16.5. The monoisotopic (exact) mass is 204 g/mol. The van der Waals surface area contributed by atoms with E-state index in [1.54, 1.807) is 6.26 Å². The molecule has 1 unspecified atom stereocenters. The Labute approximate surface area is 90.2 Å². The molecule has 1 aromatic carbocycles. The standard InChI is InChI=1S/C13H16O2/c1-10-5-2-3-7-12(10)13(14)11-6-4-8-15-9-11/h2-3,5,7,9,13-14H,4,6,8H2,1H3. The van der Waals surface area contributed by atoms with E-state index < -0.39 is 6.10 Å². The summed E-state index contributed by atoms with van der Waals surface area (Å²) in [6.45, 7) is 2.78. The van der Waals surface area contributed by atoms with Gasteiger partial charge in [0, 0.05) is 0 Å². The van der Waals surface area contributed by atoms with Gasteiger partial charge in [-0.05, 0) is 36.5 Å². The minimum absolute atomic E-state index is 0.508. The minimum atomic E-state index is -0.508. The lowest BCUT2D eigenvalue weighted by atomic mass is 9.95. The van der Waals surface area contributed by atoms with Crippen LogP contribution in [0.5, 0.6) is 0 Å². The highest BCUT2D eigenvalue weighted by Crippen LogP contribution is 2.28. The summed E-state index contributed by atoms with van der Waals surface area (Å²) >= 11 is 0. The Morgan fingerprint density at radius 2 is 2.13 bits per heavy atom. The van der Waals surface area contributed by atoms with Crippen molar-refractivity contribution in [2.24, 2.45) is 0 Å². The highest BCUT2D eigenvalue weighted by molar-refractivity contribution is 5.32. The van der Waals surface area contributed by atoms with Crippen LogP contribution in [0.15, 0.2) is 36.1 Å². The van der Waals surface area contributed by atoms with Crippen molar-refractivity contribution >= 4 is 0 Å². The number of aliphatic hydroxyl groups excluding tert-OH is 1. The fraction of sp³-hybridized carbons (Fsp3) is 0.385. The van der Waals surface area contributed by atoms with Crippen LogP contribution in [0.1, 0.15) is 30.1 Å². The second-order valence-corrected chi connectivity index (χ2v) is 3.93. The van der Waals surface area contributed by atoms with Crippen LogP contribution in [-0.4, -0.2) is 11.7 Å². The molecule has 0 saturated heterocycles. The van der Waals surface area contributed by atoms with E-state index in [9.17, 15) is 5.11 Å². The van der Waals surface area contributed by atoms with E-state index in [4.69, 9.17) is 4.74 Å². The summed E-state index contributed by atoms with van der Waals surface area (Å²) in [5.74, 6) is 0. The lowest BCUT2D eigenvalue weighted by Gasteiger charge is -2.20. The molecule has 80 valence electrons. The summed E-state index contributed by atoms with van der Waals surface area (Å²) in [5.41, 5.74) is 3.08. The third-order valence-corrected chi connectivity index (χ3v) is 2.80. The molecule has 0 aromatic heterocycles. The first-order valence-electron chi connectivity index (χ1n) is 5.33. The Kier molecular flexibility index (Phi) is 3.07. The van der Waals surface area contributed by atoms with Crippen molar-refractivity contribution in [2.75, 3.05) is 6.61 Å². The molecule has 0 bridgehead atoms. The molecule has 1 N–H and O–H groups in total. The van der Waals surface area contributed by atoms with E-state index in [0.29, 0.717) is 0 Å². The molecule has 0 radical (unpaired) electrons. The first kappa shape index (κ1) is 10.2. The largest absolute Gasteiger partial charge is 0.501 e. The zero-order chi connectivity index (χ0) is 10.7. The zero-order valence-corrected chi connectivity index (χ0v) is 8.94. The molecule has 1 aromatic rings. The Morgan fingerprint density at radius 3 is 2.80 bits per heavy atom. The van der Waals surface area contributed by atoms with Crippen LogP contribution in [0.25, 0.3) is 0 Å². The molecule has 1 aliphatic heterocycles. The van der Waals surface area contributed by atoms with Gasteiger partial charge in [0.15, 0.2) is 0 Å². The van der Waals surface area contributed by atoms with Gasteiger partial charge in [0.1, 0.15) is 6.10 Å². The second kappa shape index (κ2) is 4.49. The van der Waals surface area contributed by atoms with E-state index >= 15 is 0 Å². The summed E-state index contributed by atoms with van der Waals surface area (Å²) in [4.78, 5) is 0. The number of hydrogen-bond donors (Lipinski definition) is 1. The molecule has 0 spiro atoms. The van der Waals surface area contributed by atoms with Gasteiger partial charge in [-0.1, -0.05) is 24.3 Å². The van der Waals surface area contributed by atoms with E-state index in [0.717, 1.165) is 36.1 Å². The molecule has 0 fully saturated rings. The van der Waals surface area contributed by atoms with E-state index in [-0.39, 0.29) is 0 Å². The Hall–Kier alpha value is -1.28. The maximum atomic E-state index is 10.2. The maximum absolute atomic E-state index is 10.2. The molecule has 1 atom stereocenters. The Morgan fingerprint density at radius 1 is 1.33 bits per heavy atom. The third-order valence-electron chi connectivity index (χ3n) is 2.80. The predicted molar refractivity (Wildman–Crippen MR) is 59.4 cm³/mol. The van der Waals surface area contributed by atoms with Gasteiger partial charge in [-0.25, -0.2) is 0 Å². The van der Waals surface area contributed by atoms with Gasteiger partial charge in [-0.3, -0.25) is 0 Å². The molecule has 0 saturated carbocycles. The summed E-state index contributed by atoms with van der Waals surface area (Å²) in [5, 5.41) is 10.2. The molecule has 0 amide bonds. The van der Waals surface area contributed by atoms with Crippen LogP contribution < -0.4 is 0 Å². The Bertz CT molecular complexity index is 369. The van der Waals surface area contributed by atoms with Crippen molar-refractivity contribution < 1.29 is 9.84 Å². The van der Waals surface area contributed by atoms with Crippen LogP contribution in [0.3, 0.4) is 0 Å². The summed E-state index contributed by atoms with van der Waals surface area (Å²) in [6.07, 6.45) is 3.12. The van der Waals surface area contributed by atoms with Gasteiger partial charge in [0.2, 0.25) is 0 Å². The van der Waals surface area contributed by atoms with Crippen LogP contribution in [0.2, 0.25) is 0 Å². The molecule has 15 heavy (non-hydrogen) atoms. The van der Waals surface area contributed by atoms with Crippen molar-refractivity contribution in [1.29, 1.82) is 0 Å². The fourth-order valence-electron chi connectivity index (χ4n) is 1.88. The molecule has 1 heterocycles. The number of aliphatic hydroxyl groups is 1. The van der Waals surface area contributed by atoms with Gasteiger partial charge in [0.05, 0.1) is 12.9 Å². The quantitative estimate of drug-likeness (QED) is 0.802. The van der Waals surface area contributed by atoms with Crippen molar-refractivity contribution in [3.8, 4) is 0 Å². The van der Waals surface area contributed by atoms with Crippen molar-refractivity contribution in [1.82, 2.24) is 0 Å². The van der Waals surface area contributed by atoms with Crippen LogP contribution in [-0.2, 0) is 4.74 Å². The normalized spacial score (nSPS) is 17.9. The van der Waals surface area contributed by atoms with Crippen LogP contribution in [0.4, 0.5) is 0 Å². The topological polar surface area (TPSA) is 29.5 Å². The number of benzene rings is 1. The number of ether oxygens (including phenoxy) is 1. The molecule has 2 nitrogen and oxygen atoms in total. The first-order chi connectivity index (χ1) is 7.29. The van der Waals surface area contributed by atoms with Crippen molar-refractivity contribution in [3.63, 3.8) is 0 Å². The SMILES string of the molecule is Cc1ccccc1C(O)C1=COCCC1. The highest BCUT2D eigenvalue weighted by Gasteiger charge is 2.17. The van der Waals surface area contributed by atoms with E-state index in [2.05, 4.69) is 0 Å². The third kappa shape index (κ3) is 2.21. The predicted octanol–water partition coefficient (Wildman–Crippen LogP) is 2.72. The van der Waals surface area contributed by atoms with E-state index in [1.807, 2.05) is 31.2 Å². The van der Waals surface area contributed by atoms with Gasteiger partial charge in [0.25, 0.3) is 0 Å². The van der Waals surface area contributed by atoms with Gasteiger partial charge in [-0.2, -0.15) is 0 Å². The number of hydrogen-bond acceptors (Lipinski definition) is 2. The minimum Gasteiger partial charge on any atom is -0.501 e. The average Bonchev–Trinajstić information content (AvgIpc) is 2.30. The molecular formula is C13H16O2. The second-order valence-electron chi connectivity index (χ2n) is 3.93. The Balaban J connectivity index is 2.23. The maximum Gasteiger partial charge on any atom is 0.104 e. The van der Waals surface area contributed by atoms with E-state index in [1.165, 1.54) is 0 Å². The molecule has 1 aliphatic rings. The average molecular weight is 204 g/mol. The zero-order valence-electron chi connectivity index (χ0n) is 8.94. The summed E-state index contributed by atoms with van der Waals surface area (Å²) < 4.78 is 5.24. The number of aryl methyl sites for hydroxylation is 1. The lowest BCUT2D eigenvalue weighted by molar-refractivity contribution is 0.170. The number of rotatable bonds is 2. The van der Waals surface area contributed by atoms with Crippen LogP contribution in [0, 0.1) is 6.92 Å². The smallest absolute Gasteiger partial charge is 0.104 e. The summed E-state index contributed by atoms with van der Waals surface area (Å²) in [6, 6.07) is 7.92. The van der Waals surface area contributed by atoms with Crippen molar-refractivity contribution in [2.45, 2.75) is 25.9 Å². The molecule has 2 rings (SSSR count). The van der Waals surface area contributed by atoms with Gasteiger partial charge >= 0.3 is 0 Å². The molecule has 0 aliphatic carbocycles. The van der Waals surface area contributed by atoms with Gasteiger partial charge in [-0.15, -0.1) is 0 Å².